The normalized spacial score (nSPS) is 13.5. The minimum absolute atomic E-state index is 0.0761. The molecule has 0 aromatic heterocycles. The number of anilines is 1. The van der Waals surface area contributed by atoms with Gasteiger partial charge in [0.2, 0.25) is 0 Å². The van der Waals surface area contributed by atoms with E-state index >= 15 is 0 Å². The van der Waals surface area contributed by atoms with Crippen LogP contribution in [0.1, 0.15) is 12.0 Å². The van der Waals surface area contributed by atoms with E-state index in [9.17, 15) is 12.6 Å². The fourth-order valence-electron chi connectivity index (χ4n) is 1.36. The number of nitrogen functional groups attached to an aromatic ring is 1. The Bertz CT molecular complexity index is 524. The first kappa shape index (κ1) is 14.2. The highest BCUT2D eigenvalue weighted by Gasteiger charge is 2.08. The van der Waals surface area contributed by atoms with Crippen molar-refractivity contribution in [3.05, 3.63) is 23.8 Å². The monoisotopic (exact) mass is 275 g/mol. The third kappa shape index (κ3) is 4.87. The van der Waals surface area contributed by atoms with Crippen molar-refractivity contribution >= 4 is 26.3 Å². The maximum atomic E-state index is 11.9. The molecule has 0 spiro atoms. The average molecular weight is 275 g/mol. The molecule has 0 aliphatic carbocycles. The summed E-state index contributed by atoms with van der Waals surface area (Å²) in [6.45, 7) is 1.85. The molecule has 0 radical (unpaired) electrons. The van der Waals surface area contributed by atoms with Crippen LogP contribution >= 0.6 is 0 Å². The molecule has 2 N–H and O–H groups in total. The van der Waals surface area contributed by atoms with Crippen molar-refractivity contribution in [3.63, 3.8) is 0 Å². The van der Waals surface area contributed by atoms with Gasteiger partial charge in [-0.1, -0.05) is 0 Å². The van der Waals surface area contributed by atoms with Crippen molar-refractivity contribution in [1.29, 1.82) is 0 Å². The zero-order valence-electron chi connectivity index (χ0n) is 9.97. The molecule has 96 valence electrons. The Morgan fingerprint density at radius 1 is 1.35 bits per heavy atom. The Hall–Kier alpha value is -0.880. The van der Waals surface area contributed by atoms with Crippen molar-refractivity contribution in [2.45, 2.75) is 18.2 Å². The van der Waals surface area contributed by atoms with Crippen LogP contribution in [0.3, 0.4) is 0 Å². The molecule has 0 heterocycles. The predicted molar refractivity (Wildman–Crippen MR) is 71.2 cm³/mol. The van der Waals surface area contributed by atoms with Gasteiger partial charge < -0.3 is 5.73 Å². The van der Waals surface area contributed by atoms with E-state index in [1.54, 1.807) is 18.2 Å². The van der Waals surface area contributed by atoms with Gasteiger partial charge >= 0.3 is 0 Å². The number of hydrogen-bond acceptors (Lipinski definition) is 4. The van der Waals surface area contributed by atoms with E-state index in [-0.39, 0.29) is 5.75 Å². The fourth-order valence-corrected chi connectivity index (χ4v) is 3.38. The Morgan fingerprint density at radius 3 is 2.53 bits per heavy atom. The average Bonchev–Trinajstić information content (AvgIpc) is 2.20. The summed E-state index contributed by atoms with van der Waals surface area (Å²) in [6, 6.07) is 5.23. The number of hydrogen-bond donors (Lipinski definition) is 1. The standard InChI is InChI=1S/C11H17NO3S2/c1-9-8-10(4-5-11(9)12)16(13)6-3-7-17(2,14)15/h4-5,8H,3,6-7,12H2,1-2H3. The molecule has 0 saturated heterocycles. The smallest absolute Gasteiger partial charge is 0.147 e. The number of sulfone groups is 1. The quantitative estimate of drug-likeness (QED) is 0.817. The minimum atomic E-state index is -2.97. The molecule has 1 atom stereocenters. The van der Waals surface area contributed by atoms with Crippen LogP contribution in [0.2, 0.25) is 0 Å². The van der Waals surface area contributed by atoms with Crippen LogP contribution in [0.15, 0.2) is 23.1 Å². The molecular weight excluding hydrogens is 258 g/mol. The molecule has 0 aliphatic rings. The summed E-state index contributed by atoms with van der Waals surface area (Å²) in [4.78, 5) is 0.699. The van der Waals surface area contributed by atoms with Crippen LogP contribution < -0.4 is 5.73 Å². The lowest BCUT2D eigenvalue weighted by molar-refractivity contribution is 0.600. The lowest BCUT2D eigenvalue weighted by Gasteiger charge is -2.05. The van der Waals surface area contributed by atoms with Gasteiger partial charge in [-0.25, -0.2) is 8.42 Å². The molecule has 0 saturated carbocycles. The zero-order chi connectivity index (χ0) is 13.1. The minimum Gasteiger partial charge on any atom is -0.399 e. The summed E-state index contributed by atoms with van der Waals surface area (Å²) in [5.41, 5.74) is 7.22. The second kappa shape index (κ2) is 5.64. The van der Waals surface area contributed by atoms with E-state index in [1.165, 1.54) is 6.26 Å². The highest BCUT2D eigenvalue weighted by atomic mass is 32.2. The van der Waals surface area contributed by atoms with Gasteiger partial charge in [-0.3, -0.25) is 4.21 Å². The number of rotatable bonds is 5. The Balaban J connectivity index is 2.61. The third-order valence-electron chi connectivity index (χ3n) is 2.35. The summed E-state index contributed by atoms with van der Waals surface area (Å²) in [5, 5.41) is 0. The third-order valence-corrected chi connectivity index (χ3v) is 4.82. The molecule has 1 aromatic rings. The molecule has 1 rings (SSSR count). The van der Waals surface area contributed by atoms with Crippen LogP contribution in [-0.2, 0) is 20.6 Å². The van der Waals surface area contributed by atoms with E-state index < -0.39 is 20.6 Å². The molecule has 0 fully saturated rings. The van der Waals surface area contributed by atoms with E-state index in [0.717, 1.165) is 5.56 Å². The molecule has 0 aliphatic heterocycles. The largest absolute Gasteiger partial charge is 0.399 e. The van der Waals surface area contributed by atoms with Gasteiger partial charge in [-0.15, -0.1) is 0 Å². The second-order valence-electron chi connectivity index (χ2n) is 4.05. The molecule has 1 unspecified atom stereocenters. The number of benzene rings is 1. The van der Waals surface area contributed by atoms with Crippen LogP contribution in [0.25, 0.3) is 0 Å². The summed E-state index contributed by atoms with van der Waals surface area (Å²) in [6.07, 6.45) is 1.60. The number of aryl methyl sites for hydroxylation is 1. The fraction of sp³-hybridized carbons (Fsp3) is 0.455. The van der Waals surface area contributed by atoms with Crippen molar-refractivity contribution in [2.24, 2.45) is 0 Å². The molecule has 1 aromatic carbocycles. The summed E-state index contributed by atoms with van der Waals surface area (Å²) in [5.74, 6) is 0.434. The molecule has 17 heavy (non-hydrogen) atoms. The van der Waals surface area contributed by atoms with Crippen LogP contribution in [0.4, 0.5) is 5.69 Å². The highest BCUT2D eigenvalue weighted by Crippen LogP contribution is 2.16. The van der Waals surface area contributed by atoms with Crippen molar-refractivity contribution in [2.75, 3.05) is 23.5 Å². The van der Waals surface area contributed by atoms with Gasteiger partial charge in [0.25, 0.3) is 0 Å². The number of nitrogens with two attached hydrogens (primary N) is 1. The Kier molecular flexibility index (Phi) is 4.70. The van der Waals surface area contributed by atoms with Gasteiger partial charge in [-0.05, 0) is 37.1 Å². The van der Waals surface area contributed by atoms with Crippen molar-refractivity contribution in [3.8, 4) is 0 Å². The first-order chi connectivity index (χ1) is 7.79. The van der Waals surface area contributed by atoms with Crippen molar-refractivity contribution < 1.29 is 12.6 Å². The lowest BCUT2D eigenvalue weighted by atomic mass is 10.2. The second-order valence-corrected chi connectivity index (χ2v) is 7.88. The molecular formula is C11H17NO3S2. The van der Waals surface area contributed by atoms with Gasteiger partial charge in [0.15, 0.2) is 0 Å². The summed E-state index contributed by atoms with van der Waals surface area (Å²) >= 11 is 0. The maximum Gasteiger partial charge on any atom is 0.147 e. The van der Waals surface area contributed by atoms with E-state index in [1.807, 2.05) is 6.92 Å². The first-order valence-corrected chi connectivity index (χ1v) is 8.60. The van der Waals surface area contributed by atoms with Gasteiger partial charge in [0.05, 0.1) is 16.6 Å². The molecule has 4 nitrogen and oxygen atoms in total. The Morgan fingerprint density at radius 2 is 2.00 bits per heavy atom. The van der Waals surface area contributed by atoms with E-state index in [4.69, 9.17) is 5.73 Å². The van der Waals surface area contributed by atoms with Gasteiger partial charge in [0.1, 0.15) is 9.84 Å². The van der Waals surface area contributed by atoms with Crippen LogP contribution in [-0.4, -0.2) is 30.4 Å². The summed E-state index contributed by atoms with van der Waals surface area (Å²) < 4.78 is 33.7. The summed E-state index contributed by atoms with van der Waals surface area (Å²) in [7, 11) is -4.13. The molecule has 6 heteroatoms. The topological polar surface area (TPSA) is 77.2 Å². The predicted octanol–water partition coefficient (Wildman–Crippen LogP) is 1.12. The zero-order valence-corrected chi connectivity index (χ0v) is 11.6. The lowest BCUT2D eigenvalue weighted by Crippen LogP contribution is -2.08. The van der Waals surface area contributed by atoms with Crippen molar-refractivity contribution in [1.82, 2.24) is 0 Å². The first-order valence-electron chi connectivity index (χ1n) is 5.22. The van der Waals surface area contributed by atoms with Crippen LogP contribution in [0.5, 0.6) is 0 Å². The van der Waals surface area contributed by atoms with E-state index in [0.29, 0.717) is 22.8 Å². The molecule has 0 bridgehead atoms. The van der Waals surface area contributed by atoms with Crippen LogP contribution in [0, 0.1) is 6.92 Å². The SMILES string of the molecule is Cc1cc(S(=O)CCCS(C)(=O)=O)ccc1N. The van der Waals surface area contributed by atoms with Gasteiger partial charge in [-0.2, -0.15) is 0 Å². The van der Waals surface area contributed by atoms with E-state index in [2.05, 4.69) is 0 Å². The highest BCUT2D eigenvalue weighted by molar-refractivity contribution is 7.90. The Labute approximate surface area is 105 Å². The van der Waals surface area contributed by atoms with Gasteiger partial charge in [0, 0.05) is 22.6 Å². The molecule has 0 amide bonds. The maximum absolute atomic E-state index is 11.9.